The molecule has 0 heterocycles. The number of carbonyl (C=O) groups is 4. The van der Waals surface area contributed by atoms with Gasteiger partial charge in [0.1, 0.15) is 17.4 Å². The van der Waals surface area contributed by atoms with Crippen LogP contribution in [0.2, 0.25) is 0 Å². The van der Waals surface area contributed by atoms with Crippen LogP contribution in [0.4, 0.5) is 30.6 Å². The number of carbonyl (C=O) groups excluding carboxylic acids is 4. The van der Waals surface area contributed by atoms with Crippen molar-refractivity contribution in [2.24, 2.45) is 5.92 Å². The third-order valence-corrected chi connectivity index (χ3v) is 7.59. The van der Waals surface area contributed by atoms with Crippen molar-refractivity contribution in [3.8, 4) is 5.75 Å². The highest BCUT2D eigenvalue weighted by Gasteiger charge is 2.24. The maximum atomic E-state index is 13.7. The number of halogens is 2. The van der Waals surface area contributed by atoms with E-state index in [2.05, 4.69) is 10.6 Å². The molecule has 0 radical (unpaired) electrons. The Hall–Kier alpha value is -5.00. The van der Waals surface area contributed by atoms with Crippen LogP contribution in [0.25, 0.3) is 0 Å². The van der Waals surface area contributed by atoms with Crippen LogP contribution in [0.5, 0.6) is 5.75 Å². The molecule has 3 aromatic carbocycles. The standard InChI is InChI=1S/C33H36F2N4O6/c1-38(27-18-24(34)17-25(35)19-27)31(41)21-45-29-13-6-5-12-28(29)39(15-14-22-8-3-4-9-22)30(40)20-36-33(43)37-26-11-7-10-23(16-26)32(42)44-2/h5-7,10-13,16-19,22H,3-4,8-9,14-15,20-21H2,1-2H3,(H2,36,37,43). The van der Waals surface area contributed by atoms with Crippen LogP contribution in [0, 0.1) is 17.6 Å². The summed E-state index contributed by atoms with van der Waals surface area (Å²) in [7, 11) is 2.64. The Kier molecular flexibility index (Phi) is 11.4. The molecular weight excluding hydrogens is 586 g/mol. The lowest BCUT2D eigenvalue weighted by Crippen LogP contribution is -2.42. The van der Waals surface area contributed by atoms with Gasteiger partial charge in [0, 0.05) is 31.0 Å². The van der Waals surface area contributed by atoms with Crippen LogP contribution in [0.3, 0.4) is 0 Å². The summed E-state index contributed by atoms with van der Waals surface area (Å²) in [4.78, 5) is 53.5. The van der Waals surface area contributed by atoms with E-state index in [9.17, 15) is 28.0 Å². The molecule has 1 aliphatic rings. The van der Waals surface area contributed by atoms with Gasteiger partial charge < -0.3 is 29.9 Å². The summed E-state index contributed by atoms with van der Waals surface area (Å²) in [6.07, 6.45) is 5.18. The number of methoxy groups -OCH3 is 1. The number of benzene rings is 3. The first-order chi connectivity index (χ1) is 21.6. The van der Waals surface area contributed by atoms with E-state index in [1.165, 1.54) is 25.1 Å². The molecule has 2 N–H and O–H groups in total. The van der Waals surface area contributed by atoms with Crippen LogP contribution >= 0.6 is 0 Å². The molecule has 0 bridgehead atoms. The Labute approximate surface area is 260 Å². The van der Waals surface area contributed by atoms with Crippen LogP contribution < -0.4 is 25.2 Å². The first-order valence-electron chi connectivity index (χ1n) is 14.6. The van der Waals surface area contributed by atoms with Crippen molar-refractivity contribution in [3.05, 3.63) is 83.9 Å². The van der Waals surface area contributed by atoms with Gasteiger partial charge in [-0.05, 0) is 54.8 Å². The number of nitrogens with one attached hydrogen (secondary N) is 2. The number of hydrogen-bond donors (Lipinski definition) is 2. The molecule has 0 atom stereocenters. The largest absolute Gasteiger partial charge is 0.482 e. The van der Waals surface area contributed by atoms with Crippen molar-refractivity contribution in [1.29, 1.82) is 0 Å². The van der Waals surface area contributed by atoms with E-state index >= 15 is 0 Å². The first-order valence-corrected chi connectivity index (χ1v) is 14.6. The number of amides is 4. The van der Waals surface area contributed by atoms with E-state index in [1.54, 1.807) is 42.5 Å². The highest BCUT2D eigenvalue weighted by atomic mass is 19.1. The Morgan fingerprint density at radius 2 is 1.62 bits per heavy atom. The van der Waals surface area contributed by atoms with Gasteiger partial charge in [-0.3, -0.25) is 9.59 Å². The van der Waals surface area contributed by atoms with Gasteiger partial charge in [0.15, 0.2) is 6.61 Å². The zero-order chi connectivity index (χ0) is 32.3. The summed E-state index contributed by atoms with van der Waals surface area (Å²) in [5, 5.41) is 5.17. The molecular formula is C33H36F2N4O6. The maximum Gasteiger partial charge on any atom is 0.337 e. The minimum Gasteiger partial charge on any atom is -0.482 e. The van der Waals surface area contributed by atoms with Crippen LogP contribution in [-0.2, 0) is 14.3 Å². The molecule has 4 amide bonds. The predicted molar refractivity (Wildman–Crippen MR) is 165 cm³/mol. The molecule has 0 spiro atoms. The third kappa shape index (κ3) is 9.24. The molecule has 10 nitrogen and oxygen atoms in total. The lowest BCUT2D eigenvalue weighted by molar-refractivity contribution is -0.120. The molecule has 3 aromatic rings. The van der Waals surface area contributed by atoms with Crippen molar-refractivity contribution in [2.45, 2.75) is 32.1 Å². The zero-order valence-corrected chi connectivity index (χ0v) is 25.2. The number of nitrogens with zero attached hydrogens (tertiary/aromatic N) is 2. The highest BCUT2D eigenvalue weighted by molar-refractivity contribution is 6.00. The molecule has 0 aromatic heterocycles. The van der Waals surface area contributed by atoms with Crippen molar-refractivity contribution >= 4 is 40.9 Å². The van der Waals surface area contributed by atoms with Gasteiger partial charge >= 0.3 is 12.0 Å². The third-order valence-electron chi connectivity index (χ3n) is 7.59. The van der Waals surface area contributed by atoms with Crippen molar-refractivity contribution in [3.63, 3.8) is 0 Å². The predicted octanol–water partition coefficient (Wildman–Crippen LogP) is 5.53. The van der Waals surface area contributed by atoms with Crippen molar-refractivity contribution in [2.75, 3.05) is 49.0 Å². The molecule has 0 aliphatic heterocycles. The quantitative estimate of drug-likeness (QED) is 0.257. The Morgan fingerprint density at radius 1 is 0.911 bits per heavy atom. The van der Waals surface area contributed by atoms with Gasteiger partial charge in [-0.15, -0.1) is 0 Å². The van der Waals surface area contributed by atoms with E-state index in [0.717, 1.165) is 49.1 Å². The number of likely N-dealkylation sites (N-methyl/N-ethyl adjacent to an activating group) is 1. The van der Waals surface area contributed by atoms with Gasteiger partial charge in [-0.1, -0.05) is 43.9 Å². The van der Waals surface area contributed by atoms with Crippen molar-refractivity contribution < 1.29 is 37.4 Å². The Morgan fingerprint density at radius 3 is 2.33 bits per heavy atom. The number of urea groups is 1. The molecule has 12 heteroatoms. The summed E-state index contributed by atoms with van der Waals surface area (Å²) >= 11 is 0. The monoisotopic (exact) mass is 622 g/mol. The Balaban J connectivity index is 1.44. The first kappa shape index (κ1) is 32.9. The minimum absolute atomic E-state index is 0.0316. The van der Waals surface area contributed by atoms with Crippen LogP contribution in [0.15, 0.2) is 66.7 Å². The summed E-state index contributed by atoms with van der Waals surface area (Å²) in [6.45, 7) is -0.430. The van der Waals surface area contributed by atoms with Crippen LogP contribution in [-0.4, -0.2) is 57.7 Å². The summed E-state index contributed by atoms with van der Waals surface area (Å²) in [6, 6.07) is 15.1. The molecule has 0 saturated heterocycles. The molecule has 238 valence electrons. The topological polar surface area (TPSA) is 117 Å². The number of rotatable bonds is 12. The second-order valence-corrected chi connectivity index (χ2v) is 10.7. The number of ether oxygens (including phenoxy) is 2. The number of para-hydroxylation sites is 2. The molecule has 4 rings (SSSR count). The van der Waals surface area contributed by atoms with Crippen LogP contribution in [0.1, 0.15) is 42.5 Å². The average molecular weight is 623 g/mol. The summed E-state index contributed by atoms with van der Waals surface area (Å²) in [5.74, 6) is -2.42. The van der Waals surface area contributed by atoms with Crippen molar-refractivity contribution in [1.82, 2.24) is 5.32 Å². The minimum atomic E-state index is -0.815. The Bertz CT molecular complexity index is 1510. The normalized spacial score (nSPS) is 12.7. The lowest BCUT2D eigenvalue weighted by atomic mass is 10.0. The number of esters is 1. The molecule has 1 saturated carbocycles. The van der Waals surface area contributed by atoms with Gasteiger partial charge in [-0.2, -0.15) is 0 Å². The number of anilines is 3. The molecule has 1 fully saturated rings. The second kappa shape index (κ2) is 15.6. The van der Waals surface area contributed by atoms with Gasteiger partial charge in [0.25, 0.3) is 5.91 Å². The number of hydrogen-bond acceptors (Lipinski definition) is 6. The van der Waals surface area contributed by atoms with E-state index in [1.807, 2.05) is 0 Å². The zero-order valence-electron chi connectivity index (χ0n) is 25.2. The van der Waals surface area contributed by atoms with Gasteiger partial charge in [0.05, 0.1) is 24.9 Å². The van der Waals surface area contributed by atoms with E-state index < -0.39 is 42.1 Å². The van der Waals surface area contributed by atoms with Gasteiger partial charge in [-0.25, -0.2) is 18.4 Å². The fourth-order valence-electron chi connectivity index (χ4n) is 5.17. The fraction of sp³-hybridized carbons (Fsp3) is 0.333. The average Bonchev–Trinajstić information content (AvgIpc) is 3.56. The lowest BCUT2D eigenvalue weighted by Gasteiger charge is -2.27. The molecule has 1 aliphatic carbocycles. The molecule has 0 unspecified atom stereocenters. The summed E-state index contributed by atoms with van der Waals surface area (Å²) < 4.78 is 37.9. The maximum absolute atomic E-state index is 13.7. The van der Waals surface area contributed by atoms with E-state index in [-0.39, 0.29) is 23.5 Å². The van der Waals surface area contributed by atoms with E-state index in [4.69, 9.17) is 9.47 Å². The molecule has 45 heavy (non-hydrogen) atoms. The van der Waals surface area contributed by atoms with E-state index in [0.29, 0.717) is 29.9 Å². The second-order valence-electron chi connectivity index (χ2n) is 10.7. The van der Waals surface area contributed by atoms with Gasteiger partial charge in [0.2, 0.25) is 5.91 Å². The summed E-state index contributed by atoms with van der Waals surface area (Å²) in [5.41, 5.74) is 1.05. The fourth-order valence-corrected chi connectivity index (χ4v) is 5.17. The highest BCUT2D eigenvalue weighted by Crippen LogP contribution is 2.32. The smallest absolute Gasteiger partial charge is 0.337 e. The SMILES string of the molecule is COC(=O)c1cccc(NC(=O)NCC(=O)N(CCC2CCCC2)c2ccccc2OCC(=O)N(C)c2cc(F)cc(F)c2)c1.